The highest BCUT2D eigenvalue weighted by atomic mass is 15.3. The Bertz CT molecular complexity index is 1520. The number of hydrogen-bond donors (Lipinski definition) is 3. The van der Waals surface area contributed by atoms with Crippen molar-refractivity contribution in [3.8, 4) is 22.6 Å². The van der Waals surface area contributed by atoms with Crippen LogP contribution in [-0.4, -0.2) is 62.4 Å². The van der Waals surface area contributed by atoms with Crippen LogP contribution in [0, 0.1) is 0 Å². The van der Waals surface area contributed by atoms with E-state index in [0.29, 0.717) is 0 Å². The number of nitrogens with zero attached hydrogens (tertiary/aromatic N) is 6. The van der Waals surface area contributed by atoms with Crippen LogP contribution >= 0.6 is 0 Å². The van der Waals surface area contributed by atoms with Crippen molar-refractivity contribution < 1.29 is 0 Å². The van der Waals surface area contributed by atoms with Gasteiger partial charge in [0.25, 0.3) is 0 Å². The number of aromatic amines is 2. The molecule has 0 unspecified atom stereocenters. The van der Waals surface area contributed by atoms with Gasteiger partial charge in [0, 0.05) is 48.6 Å². The number of fused-ring (bicyclic) bond motifs is 2. The van der Waals surface area contributed by atoms with Crippen molar-refractivity contribution in [1.82, 2.24) is 30.1 Å². The Morgan fingerprint density at radius 3 is 2.57 bits per heavy atom. The van der Waals surface area contributed by atoms with Gasteiger partial charge in [-0.3, -0.25) is 15.1 Å². The summed E-state index contributed by atoms with van der Waals surface area (Å²) in [6.45, 7) is 3.80. The van der Waals surface area contributed by atoms with Crippen molar-refractivity contribution in [3.05, 3.63) is 49.1 Å². The summed E-state index contributed by atoms with van der Waals surface area (Å²) < 4.78 is 0. The van der Waals surface area contributed by atoms with Crippen molar-refractivity contribution in [3.63, 3.8) is 0 Å². The van der Waals surface area contributed by atoms with Gasteiger partial charge in [0.1, 0.15) is 11.5 Å². The molecule has 0 atom stereocenters. The lowest BCUT2D eigenvalue weighted by Gasteiger charge is -2.37. The molecule has 0 bridgehead atoms. The van der Waals surface area contributed by atoms with E-state index < -0.39 is 0 Å². The molecule has 2 aliphatic rings. The van der Waals surface area contributed by atoms with E-state index in [4.69, 9.17) is 10.7 Å². The van der Waals surface area contributed by atoms with Crippen molar-refractivity contribution in [2.24, 2.45) is 5.73 Å². The molecule has 176 valence electrons. The van der Waals surface area contributed by atoms with E-state index in [1.165, 1.54) is 30.3 Å². The van der Waals surface area contributed by atoms with Gasteiger partial charge in [-0.05, 0) is 37.5 Å². The third-order valence-corrected chi connectivity index (χ3v) is 7.19. The highest BCUT2D eigenvalue weighted by Gasteiger charge is 2.25. The minimum absolute atomic E-state index is 0.215. The number of benzene rings is 1. The zero-order chi connectivity index (χ0) is 23.4. The molecule has 2 saturated heterocycles. The summed E-state index contributed by atoms with van der Waals surface area (Å²) in [5.74, 6) is 0.866. The van der Waals surface area contributed by atoms with E-state index in [1.807, 2.05) is 18.6 Å². The minimum Gasteiger partial charge on any atom is -0.370 e. The van der Waals surface area contributed by atoms with Gasteiger partial charge >= 0.3 is 0 Å². The lowest BCUT2D eigenvalue weighted by atomic mass is 10.1. The fourth-order valence-corrected chi connectivity index (χ4v) is 5.28. The van der Waals surface area contributed by atoms with Gasteiger partial charge < -0.3 is 20.5 Å². The maximum atomic E-state index is 5.95. The zero-order valence-electron chi connectivity index (χ0n) is 19.4. The quantitative estimate of drug-likeness (QED) is 0.371. The number of nitrogens with two attached hydrogens (primary N) is 1. The largest absolute Gasteiger partial charge is 0.370 e. The average Bonchev–Trinajstić information content (AvgIpc) is 3.51. The van der Waals surface area contributed by atoms with Crippen LogP contribution in [0.25, 0.3) is 44.5 Å². The number of hydrogen-bond acceptors (Lipinski definition) is 7. The van der Waals surface area contributed by atoms with E-state index >= 15 is 0 Å². The number of anilines is 2. The van der Waals surface area contributed by atoms with Crippen LogP contribution in [0.15, 0.2) is 49.1 Å². The summed E-state index contributed by atoms with van der Waals surface area (Å²) >= 11 is 0. The number of pyridine rings is 1. The number of H-pyrrole nitrogens is 2. The fraction of sp³-hybridized carbons (Fsp3) is 0.308. The highest BCUT2D eigenvalue weighted by molar-refractivity contribution is 6.00. The normalized spacial score (nSPS) is 16.8. The molecule has 2 aliphatic heterocycles. The second kappa shape index (κ2) is 8.06. The molecule has 0 saturated carbocycles. The van der Waals surface area contributed by atoms with Crippen molar-refractivity contribution in [1.29, 1.82) is 0 Å². The van der Waals surface area contributed by atoms with Crippen LogP contribution < -0.4 is 15.5 Å². The molecule has 2 fully saturated rings. The number of nitrogens with one attached hydrogen (secondary N) is 2. The highest BCUT2D eigenvalue weighted by Crippen LogP contribution is 2.35. The van der Waals surface area contributed by atoms with Gasteiger partial charge in [0.15, 0.2) is 0 Å². The van der Waals surface area contributed by atoms with Crippen LogP contribution in [0.5, 0.6) is 0 Å². The molecule has 0 amide bonds. The smallest absolute Gasteiger partial charge is 0.147 e. The SMILES string of the molecule is NC1CN(c2cncc(-c3ccc4[nH]nc(-c5cc6c(N7CCCCC7)cncc6[nH]5)c4c3)n2)C1. The first-order valence-electron chi connectivity index (χ1n) is 12.3. The molecule has 1 aromatic carbocycles. The Labute approximate surface area is 202 Å². The van der Waals surface area contributed by atoms with Crippen molar-refractivity contribution in [2.75, 3.05) is 36.0 Å². The maximum Gasteiger partial charge on any atom is 0.147 e. The molecular weight excluding hydrogens is 438 g/mol. The molecule has 5 aromatic rings. The molecular formula is C26H27N9. The molecule has 7 rings (SSSR count). The second-order valence-electron chi connectivity index (χ2n) is 9.61. The first-order valence-corrected chi connectivity index (χ1v) is 12.3. The Hall–Kier alpha value is -3.98. The average molecular weight is 466 g/mol. The summed E-state index contributed by atoms with van der Waals surface area (Å²) in [5, 5.41) is 10.1. The third kappa shape index (κ3) is 3.50. The lowest BCUT2D eigenvalue weighted by Crippen LogP contribution is -2.56. The summed E-state index contributed by atoms with van der Waals surface area (Å²) in [5.41, 5.74) is 12.9. The van der Waals surface area contributed by atoms with Crippen molar-refractivity contribution >= 4 is 33.3 Å². The fourth-order valence-electron chi connectivity index (χ4n) is 5.28. The molecule has 0 radical (unpaired) electrons. The van der Waals surface area contributed by atoms with E-state index in [0.717, 1.165) is 71.1 Å². The van der Waals surface area contributed by atoms with E-state index in [9.17, 15) is 0 Å². The topological polar surface area (TPSA) is 116 Å². The van der Waals surface area contributed by atoms with E-state index in [-0.39, 0.29) is 6.04 Å². The number of aromatic nitrogens is 6. The summed E-state index contributed by atoms with van der Waals surface area (Å²) in [7, 11) is 0. The number of piperidine rings is 1. The van der Waals surface area contributed by atoms with E-state index in [2.05, 4.69) is 59.2 Å². The van der Waals surface area contributed by atoms with E-state index in [1.54, 1.807) is 6.20 Å². The Balaban J connectivity index is 1.28. The Morgan fingerprint density at radius 1 is 0.857 bits per heavy atom. The lowest BCUT2D eigenvalue weighted by molar-refractivity contribution is 0.514. The molecule has 4 N–H and O–H groups in total. The predicted molar refractivity (Wildman–Crippen MR) is 138 cm³/mol. The van der Waals surface area contributed by atoms with Crippen molar-refractivity contribution in [2.45, 2.75) is 25.3 Å². The standard InChI is InChI=1S/C26H27N9/c27-17-14-35(15-17)25-13-29-10-22(31-25)16-4-5-20-19(8-16)26(33-32-20)21-9-18-23(30-21)11-28-12-24(18)34-6-2-1-3-7-34/h4-5,8-13,17,30H,1-3,6-7,14-15,27H2,(H,32,33). The molecule has 9 heteroatoms. The van der Waals surface area contributed by atoms with Crippen LogP contribution in [-0.2, 0) is 0 Å². The first kappa shape index (κ1) is 20.4. The molecule has 6 heterocycles. The van der Waals surface area contributed by atoms with Crippen LogP contribution in [0.1, 0.15) is 19.3 Å². The summed E-state index contributed by atoms with van der Waals surface area (Å²) in [6, 6.07) is 8.67. The Morgan fingerprint density at radius 2 is 1.71 bits per heavy atom. The zero-order valence-corrected chi connectivity index (χ0v) is 19.4. The second-order valence-corrected chi connectivity index (χ2v) is 9.61. The molecule has 0 spiro atoms. The molecule has 0 aliphatic carbocycles. The monoisotopic (exact) mass is 465 g/mol. The third-order valence-electron chi connectivity index (χ3n) is 7.19. The van der Waals surface area contributed by atoms with Gasteiger partial charge in [-0.2, -0.15) is 5.10 Å². The van der Waals surface area contributed by atoms with Crippen LogP contribution in [0.4, 0.5) is 11.5 Å². The van der Waals surface area contributed by atoms with Gasteiger partial charge in [-0.25, -0.2) is 4.98 Å². The van der Waals surface area contributed by atoms with Gasteiger partial charge in [0.2, 0.25) is 0 Å². The van der Waals surface area contributed by atoms with Gasteiger partial charge in [-0.15, -0.1) is 0 Å². The Kier molecular flexibility index (Phi) is 4.70. The minimum atomic E-state index is 0.215. The maximum absolute atomic E-state index is 5.95. The number of rotatable bonds is 4. The molecule has 35 heavy (non-hydrogen) atoms. The molecule has 4 aromatic heterocycles. The predicted octanol–water partition coefficient (Wildman–Crippen LogP) is 3.70. The summed E-state index contributed by atoms with van der Waals surface area (Å²) in [4.78, 5) is 22.0. The van der Waals surface area contributed by atoms with Crippen LogP contribution in [0.2, 0.25) is 0 Å². The van der Waals surface area contributed by atoms with Gasteiger partial charge in [-0.1, -0.05) is 6.07 Å². The molecule has 9 nitrogen and oxygen atoms in total. The first-order chi connectivity index (χ1) is 17.2. The summed E-state index contributed by atoms with van der Waals surface area (Å²) in [6.07, 6.45) is 11.3. The van der Waals surface area contributed by atoms with Crippen LogP contribution in [0.3, 0.4) is 0 Å². The van der Waals surface area contributed by atoms with Gasteiger partial charge in [0.05, 0.1) is 52.9 Å².